The number of para-hydroxylation sites is 2. The molecule has 1 amide bonds. The fourth-order valence-corrected chi connectivity index (χ4v) is 3.72. The van der Waals surface area contributed by atoms with E-state index in [1.165, 1.54) is 12.8 Å². The molecule has 0 bridgehead atoms. The summed E-state index contributed by atoms with van der Waals surface area (Å²) >= 11 is 0. The Balaban J connectivity index is 1.34. The van der Waals surface area contributed by atoms with Crippen molar-refractivity contribution in [1.82, 2.24) is 14.9 Å². The molecular weight excluding hydrogens is 376 g/mol. The van der Waals surface area contributed by atoms with Gasteiger partial charge in [0, 0.05) is 37.8 Å². The summed E-state index contributed by atoms with van der Waals surface area (Å²) < 4.78 is 0. The van der Waals surface area contributed by atoms with Crippen LogP contribution >= 0.6 is 0 Å². The first-order chi connectivity index (χ1) is 14.7. The van der Waals surface area contributed by atoms with Gasteiger partial charge in [0.25, 0.3) is 5.91 Å². The first-order valence-corrected chi connectivity index (χ1v) is 10.3. The van der Waals surface area contributed by atoms with Crippen LogP contribution in [0.3, 0.4) is 0 Å². The van der Waals surface area contributed by atoms with E-state index in [4.69, 9.17) is 15.2 Å². The standard InChI is InChI=1S/C23H22N6O/c24-15-16-5-7-17(8-6-16)23(30)29-13-11-28(12-14-29)22-21(25-18-9-10-18)26-19-3-1-2-4-20(19)27-22/h1-8,18H,9-14H2,(H,25,26). The second-order valence-corrected chi connectivity index (χ2v) is 7.77. The molecule has 7 nitrogen and oxygen atoms in total. The van der Waals surface area contributed by atoms with E-state index in [9.17, 15) is 4.79 Å². The molecule has 1 aliphatic carbocycles. The number of aromatic nitrogens is 2. The number of hydrogen-bond donors (Lipinski definition) is 1. The van der Waals surface area contributed by atoms with E-state index in [0.717, 1.165) is 22.7 Å². The van der Waals surface area contributed by atoms with Crippen molar-refractivity contribution in [3.63, 3.8) is 0 Å². The Kier molecular flexibility index (Phi) is 4.68. The molecule has 150 valence electrons. The second kappa shape index (κ2) is 7.64. The van der Waals surface area contributed by atoms with Gasteiger partial charge in [-0.05, 0) is 49.2 Å². The van der Waals surface area contributed by atoms with Crippen molar-refractivity contribution < 1.29 is 4.79 Å². The lowest BCUT2D eigenvalue weighted by Crippen LogP contribution is -2.49. The molecule has 2 fully saturated rings. The summed E-state index contributed by atoms with van der Waals surface area (Å²) in [5.74, 6) is 1.70. The van der Waals surface area contributed by atoms with Gasteiger partial charge in [-0.15, -0.1) is 0 Å². The van der Waals surface area contributed by atoms with E-state index >= 15 is 0 Å². The lowest BCUT2D eigenvalue weighted by molar-refractivity contribution is 0.0746. The molecule has 7 heteroatoms. The fraction of sp³-hybridized carbons (Fsp3) is 0.304. The summed E-state index contributed by atoms with van der Waals surface area (Å²) in [6.07, 6.45) is 2.33. The van der Waals surface area contributed by atoms with Gasteiger partial charge in [-0.2, -0.15) is 5.26 Å². The van der Waals surface area contributed by atoms with Crippen molar-refractivity contribution in [3.8, 4) is 6.07 Å². The number of nitrogens with one attached hydrogen (secondary N) is 1. The molecule has 3 aromatic rings. The molecule has 0 atom stereocenters. The molecule has 0 spiro atoms. The second-order valence-electron chi connectivity index (χ2n) is 7.77. The summed E-state index contributed by atoms with van der Waals surface area (Å²) in [6, 6.07) is 17.3. The van der Waals surface area contributed by atoms with Crippen molar-refractivity contribution in [3.05, 3.63) is 59.7 Å². The summed E-state index contributed by atoms with van der Waals surface area (Å²) in [5.41, 5.74) is 2.94. The number of nitriles is 1. The lowest BCUT2D eigenvalue weighted by Gasteiger charge is -2.36. The Labute approximate surface area is 175 Å². The quantitative estimate of drug-likeness (QED) is 0.727. The van der Waals surface area contributed by atoms with Crippen LogP contribution in [0.2, 0.25) is 0 Å². The first kappa shape index (κ1) is 18.4. The zero-order valence-electron chi connectivity index (χ0n) is 16.6. The van der Waals surface area contributed by atoms with Crippen molar-refractivity contribution in [2.45, 2.75) is 18.9 Å². The molecule has 1 aromatic heterocycles. The maximum atomic E-state index is 12.8. The SMILES string of the molecule is N#Cc1ccc(C(=O)N2CCN(c3nc4ccccc4nc3NC3CC3)CC2)cc1. The number of carbonyl (C=O) groups is 1. The van der Waals surface area contributed by atoms with Crippen LogP contribution in [-0.4, -0.2) is 53.0 Å². The van der Waals surface area contributed by atoms with Crippen molar-refractivity contribution in [1.29, 1.82) is 5.26 Å². The minimum absolute atomic E-state index is 0.0000596. The van der Waals surface area contributed by atoms with E-state index in [1.807, 2.05) is 29.2 Å². The lowest BCUT2D eigenvalue weighted by atomic mass is 10.1. The number of fused-ring (bicyclic) bond motifs is 1. The predicted octanol–water partition coefficient (Wildman–Crippen LogP) is 3.04. The van der Waals surface area contributed by atoms with Crippen molar-refractivity contribution in [2.75, 3.05) is 36.4 Å². The van der Waals surface area contributed by atoms with Crippen molar-refractivity contribution in [2.24, 2.45) is 0 Å². The fourth-order valence-electron chi connectivity index (χ4n) is 3.72. The Morgan fingerprint density at radius 1 is 0.967 bits per heavy atom. The minimum atomic E-state index is 0.0000596. The molecule has 2 aromatic carbocycles. The largest absolute Gasteiger partial charge is 0.364 e. The molecule has 30 heavy (non-hydrogen) atoms. The molecule has 1 N–H and O–H groups in total. The molecule has 1 saturated heterocycles. The van der Waals surface area contributed by atoms with E-state index < -0.39 is 0 Å². The van der Waals surface area contributed by atoms with Crippen LogP contribution in [0.25, 0.3) is 11.0 Å². The maximum Gasteiger partial charge on any atom is 0.253 e. The Hall–Kier alpha value is -3.66. The van der Waals surface area contributed by atoms with Gasteiger partial charge < -0.3 is 15.1 Å². The van der Waals surface area contributed by atoms with Crippen LogP contribution in [0, 0.1) is 11.3 Å². The highest BCUT2D eigenvalue weighted by Gasteiger charge is 2.28. The molecule has 1 aliphatic heterocycles. The summed E-state index contributed by atoms with van der Waals surface area (Å²) in [4.78, 5) is 26.6. The molecule has 2 heterocycles. The van der Waals surface area contributed by atoms with Crippen LogP contribution < -0.4 is 10.2 Å². The smallest absolute Gasteiger partial charge is 0.253 e. The Morgan fingerprint density at radius 3 is 2.27 bits per heavy atom. The molecule has 5 rings (SSSR count). The summed E-state index contributed by atoms with van der Waals surface area (Å²) in [5, 5.41) is 12.5. The number of nitrogens with zero attached hydrogens (tertiary/aromatic N) is 5. The highest BCUT2D eigenvalue weighted by atomic mass is 16.2. The van der Waals surface area contributed by atoms with Gasteiger partial charge in [0.2, 0.25) is 0 Å². The maximum absolute atomic E-state index is 12.8. The van der Waals surface area contributed by atoms with Gasteiger partial charge in [0.05, 0.1) is 22.7 Å². The molecule has 0 radical (unpaired) electrons. The number of anilines is 2. The zero-order chi connectivity index (χ0) is 20.5. The van der Waals surface area contributed by atoms with Crippen LogP contribution in [0.1, 0.15) is 28.8 Å². The van der Waals surface area contributed by atoms with Crippen LogP contribution in [0.4, 0.5) is 11.6 Å². The van der Waals surface area contributed by atoms with Crippen LogP contribution in [0.5, 0.6) is 0 Å². The summed E-state index contributed by atoms with van der Waals surface area (Å²) in [7, 11) is 0. The van der Waals surface area contributed by atoms with Gasteiger partial charge in [-0.25, -0.2) is 9.97 Å². The average Bonchev–Trinajstić information content (AvgIpc) is 3.62. The van der Waals surface area contributed by atoms with Gasteiger partial charge in [0.15, 0.2) is 11.6 Å². The third-order valence-electron chi connectivity index (χ3n) is 5.60. The van der Waals surface area contributed by atoms with E-state index in [-0.39, 0.29) is 5.91 Å². The average molecular weight is 398 g/mol. The number of amides is 1. The highest BCUT2D eigenvalue weighted by Crippen LogP contribution is 2.31. The molecule has 1 saturated carbocycles. The zero-order valence-corrected chi connectivity index (χ0v) is 16.6. The van der Waals surface area contributed by atoms with Crippen LogP contribution in [-0.2, 0) is 0 Å². The van der Waals surface area contributed by atoms with Crippen molar-refractivity contribution >= 4 is 28.6 Å². The highest BCUT2D eigenvalue weighted by molar-refractivity contribution is 5.94. The molecular formula is C23H22N6O. The number of piperazine rings is 1. The van der Waals surface area contributed by atoms with Crippen LogP contribution in [0.15, 0.2) is 48.5 Å². The monoisotopic (exact) mass is 398 g/mol. The number of hydrogen-bond acceptors (Lipinski definition) is 6. The number of rotatable bonds is 4. The number of carbonyl (C=O) groups excluding carboxylic acids is 1. The van der Waals surface area contributed by atoms with E-state index in [1.54, 1.807) is 24.3 Å². The number of benzene rings is 2. The van der Waals surface area contributed by atoms with E-state index in [2.05, 4.69) is 16.3 Å². The molecule has 2 aliphatic rings. The van der Waals surface area contributed by atoms with Gasteiger partial charge in [-0.1, -0.05) is 12.1 Å². The van der Waals surface area contributed by atoms with Gasteiger partial charge >= 0.3 is 0 Å². The molecule has 0 unspecified atom stereocenters. The Bertz CT molecular complexity index is 1120. The predicted molar refractivity (Wildman–Crippen MR) is 115 cm³/mol. The van der Waals surface area contributed by atoms with E-state index in [0.29, 0.717) is 43.3 Å². The summed E-state index contributed by atoms with van der Waals surface area (Å²) in [6.45, 7) is 2.65. The van der Waals surface area contributed by atoms with Gasteiger partial charge in [0.1, 0.15) is 0 Å². The third kappa shape index (κ3) is 3.64. The normalized spacial score (nSPS) is 16.4. The Morgan fingerprint density at radius 2 is 1.63 bits per heavy atom. The van der Waals surface area contributed by atoms with Gasteiger partial charge in [-0.3, -0.25) is 4.79 Å². The topological polar surface area (TPSA) is 85.2 Å². The minimum Gasteiger partial charge on any atom is -0.364 e. The third-order valence-corrected chi connectivity index (χ3v) is 5.60. The first-order valence-electron chi connectivity index (χ1n) is 10.3.